The van der Waals surface area contributed by atoms with Gasteiger partial charge in [0.2, 0.25) is 0 Å². The molecular weight excluding hydrogens is 476 g/mol. The Labute approximate surface area is 227 Å². The molecule has 0 aliphatic carbocycles. The molecule has 3 rings (SSSR count). The molecule has 0 unspecified atom stereocenters. The van der Waals surface area contributed by atoms with Crippen LogP contribution in [0.2, 0.25) is 0 Å². The normalized spacial score (nSPS) is 13.1. The van der Waals surface area contributed by atoms with E-state index in [4.69, 9.17) is 9.47 Å². The molecule has 0 heterocycles. The second-order valence-electron chi connectivity index (χ2n) is 11.0. The number of alkyl carbamates (subject to hydrolysis) is 1. The van der Waals surface area contributed by atoms with Crippen LogP contribution in [0.1, 0.15) is 62.8 Å². The average Bonchev–Trinajstić information content (AvgIpc) is 2.87. The van der Waals surface area contributed by atoms with E-state index in [9.17, 15) is 9.90 Å². The van der Waals surface area contributed by atoms with Crippen LogP contribution in [0.5, 0.6) is 5.75 Å². The maximum Gasteiger partial charge on any atom is 0.407 e. The van der Waals surface area contributed by atoms with Crippen LogP contribution in [0.25, 0.3) is 0 Å². The molecule has 204 valence electrons. The second-order valence-corrected chi connectivity index (χ2v) is 11.0. The molecule has 6 nitrogen and oxygen atoms in total. The Balaban J connectivity index is 1.63. The first-order chi connectivity index (χ1) is 18.1. The van der Waals surface area contributed by atoms with Gasteiger partial charge in [-0.2, -0.15) is 0 Å². The summed E-state index contributed by atoms with van der Waals surface area (Å²) in [6.07, 6.45) is -0.865. The first kappa shape index (κ1) is 29.2. The summed E-state index contributed by atoms with van der Waals surface area (Å²) in [5.74, 6) is 1.18. The lowest BCUT2D eigenvalue weighted by Gasteiger charge is -2.27. The molecule has 0 saturated carbocycles. The molecule has 0 aliphatic rings. The number of ether oxygens (including phenoxy) is 2. The van der Waals surface area contributed by atoms with E-state index in [-0.39, 0.29) is 0 Å². The molecule has 1 amide bonds. The van der Waals surface area contributed by atoms with E-state index in [1.165, 1.54) is 5.56 Å². The van der Waals surface area contributed by atoms with Crippen molar-refractivity contribution in [1.82, 2.24) is 10.6 Å². The molecule has 0 aromatic heterocycles. The fraction of sp³-hybridized carbons (Fsp3) is 0.406. The van der Waals surface area contributed by atoms with E-state index >= 15 is 0 Å². The van der Waals surface area contributed by atoms with Crippen molar-refractivity contribution in [1.29, 1.82) is 0 Å². The summed E-state index contributed by atoms with van der Waals surface area (Å²) < 4.78 is 11.5. The Hall–Kier alpha value is -3.35. The van der Waals surface area contributed by atoms with Crippen molar-refractivity contribution in [3.8, 4) is 5.75 Å². The van der Waals surface area contributed by atoms with Crippen LogP contribution in [0, 0.1) is 0 Å². The molecule has 38 heavy (non-hydrogen) atoms. The third-order valence-corrected chi connectivity index (χ3v) is 6.05. The number of benzene rings is 3. The SMILES string of the molecule is CC(C)c1cc(CNC[C@@H](O)[C@H](Cc2ccccc2)NC(=O)OC(C)(C)C)cc(OCc2ccccc2)c1. The average molecular weight is 519 g/mol. The summed E-state index contributed by atoms with van der Waals surface area (Å²) in [6, 6.07) is 25.7. The fourth-order valence-corrected chi connectivity index (χ4v) is 4.06. The molecule has 2 atom stereocenters. The molecular formula is C32H42N2O4. The number of amides is 1. The lowest BCUT2D eigenvalue weighted by atomic mass is 9.99. The van der Waals surface area contributed by atoms with Gasteiger partial charge in [-0.3, -0.25) is 0 Å². The third-order valence-electron chi connectivity index (χ3n) is 6.05. The summed E-state index contributed by atoms with van der Waals surface area (Å²) in [7, 11) is 0. The standard InChI is InChI=1S/C32H42N2O4/c1-23(2)27-16-26(17-28(19-27)37-22-25-14-10-7-11-15-25)20-33-21-30(35)29(18-24-12-8-6-9-13-24)34-31(36)38-32(3,4)5/h6-17,19,23,29-30,33,35H,18,20-22H2,1-5H3,(H,34,36)/t29-,30+/m0/s1. The smallest absolute Gasteiger partial charge is 0.407 e. The van der Waals surface area contributed by atoms with Crippen molar-refractivity contribution in [2.75, 3.05) is 6.54 Å². The second kappa shape index (κ2) is 14.0. The summed E-state index contributed by atoms with van der Waals surface area (Å²) in [5.41, 5.74) is 3.80. The van der Waals surface area contributed by atoms with Crippen LogP contribution >= 0.6 is 0 Å². The molecule has 0 spiro atoms. The quantitative estimate of drug-likeness (QED) is 0.275. The number of hydrogen-bond donors (Lipinski definition) is 3. The zero-order valence-electron chi connectivity index (χ0n) is 23.2. The molecule has 3 aromatic carbocycles. The minimum atomic E-state index is -0.815. The summed E-state index contributed by atoms with van der Waals surface area (Å²) >= 11 is 0. The van der Waals surface area contributed by atoms with Gasteiger partial charge in [0, 0.05) is 13.1 Å². The number of carbonyl (C=O) groups excluding carboxylic acids is 1. The number of carbonyl (C=O) groups is 1. The van der Waals surface area contributed by atoms with E-state index in [0.717, 1.165) is 22.4 Å². The largest absolute Gasteiger partial charge is 0.489 e. The predicted octanol–water partition coefficient (Wildman–Crippen LogP) is 5.98. The zero-order valence-corrected chi connectivity index (χ0v) is 23.2. The number of aliphatic hydroxyl groups excluding tert-OH is 1. The number of hydrogen-bond acceptors (Lipinski definition) is 5. The molecule has 0 saturated heterocycles. The molecule has 3 N–H and O–H groups in total. The molecule has 0 bridgehead atoms. The van der Waals surface area contributed by atoms with Crippen LogP contribution < -0.4 is 15.4 Å². The highest BCUT2D eigenvalue weighted by atomic mass is 16.6. The van der Waals surface area contributed by atoms with Crippen LogP contribution in [-0.4, -0.2) is 35.5 Å². The summed E-state index contributed by atoms with van der Waals surface area (Å²) in [4.78, 5) is 12.5. The minimum absolute atomic E-state index is 0.305. The highest BCUT2D eigenvalue weighted by Crippen LogP contribution is 2.24. The van der Waals surface area contributed by atoms with Crippen LogP contribution in [-0.2, 0) is 24.3 Å². The molecule has 6 heteroatoms. The molecule has 0 aliphatic heterocycles. The third kappa shape index (κ3) is 10.2. The lowest BCUT2D eigenvalue weighted by Crippen LogP contribution is -2.49. The van der Waals surface area contributed by atoms with E-state index in [2.05, 4.69) is 36.6 Å². The maximum absolute atomic E-state index is 12.5. The van der Waals surface area contributed by atoms with Crippen molar-refractivity contribution < 1.29 is 19.4 Å². The van der Waals surface area contributed by atoms with Crippen molar-refractivity contribution in [2.24, 2.45) is 0 Å². The Morgan fingerprint density at radius 2 is 1.53 bits per heavy atom. The minimum Gasteiger partial charge on any atom is -0.489 e. The van der Waals surface area contributed by atoms with Crippen LogP contribution in [0.3, 0.4) is 0 Å². The number of aliphatic hydroxyl groups is 1. The van der Waals surface area contributed by atoms with Crippen molar-refractivity contribution in [3.05, 3.63) is 101 Å². The first-order valence-corrected chi connectivity index (χ1v) is 13.3. The van der Waals surface area contributed by atoms with Gasteiger partial charge >= 0.3 is 6.09 Å². The Morgan fingerprint density at radius 1 is 0.895 bits per heavy atom. The van der Waals surface area contributed by atoms with Crippen molar-refractivity contribution in [3.63, 3.8) is 0 Å². The van der Waals surface area contributed by atoms with Crippen LogP contribution in [0.15, 0.2) is 78.9 Å². The molecule has 3 aromatic rings. The van der Waals surface area contributed by atoms with E-state index in [0.29, 0.717) is 32.0 Å². The van der Waals surface area contributed by atoms with Gasteiger partial charge in [0.15, 0.2) is 0 Å². The highest BCUT2D eigenvalue weighted by molar-refractivity contribution is 5.68. The number of nitrogens with one attached hydrogen (secondary N) is 2. The Morgan fingerprint density at radius 3 is 2.13 bits per heavy atom. The zero-order chi connectivity index (χ0) is 27.5. The fourth-order valence-electron chi connectivity index (χ4n) is 4.06. The van der Waals surface area contributed by atoms with Gasteiger partial charge in [0.25, 0.3) is 0 Å². The summed E-state index contributed by atoms with van der Waals surface area (Å²) in [5, 5.41) is 17.3. The first-order valence-electron chi connectivity index (χ1n) is 13.3. The van der Waals surface area contributed by atoms with Crippen molar-refractivity contribution in [2.45, 2.75) is 77.9 Å². The van der Waals surface area contributed by atoms with Gasteiger partial charge in [-0.25, -0.2) is 4.79 Å². The van der Waals surface area contributed by atoms with Gasteiger partial charge in [-0.15, -0.1) is 0 Å². The van der Waals surface area contributed by atoms with E-state index < -0.39 is 23.8 Å². The van der Waals surface area contributed by atoms with Crippen molar-refractivity contribution >= 4 is 6.09 Å². The number of rotatable bonds is 12. The van der Waals surface area contributed by atoms with E-state index in [1.54, 1.807) is 0 Å². The monoisotopic (exact) mass is 518 g/mol. The lowest BCUT2D eigenvalue weighted by molar-refractivity contribution is 0.0422. The highest BCUT2D eigenvalue weighted by Gasteiger charge is 2.25. The van der Waals surface area contributed by atoms with Gasteiger partial charge < -0.3 is 25.2 Å². The van der Waals surface area contributed by atoms with E-state index in [1.807, 2.05) is 87.5 Å². The maximum atomic E-state index is 12.5. The topological polar surface area (TPSA) is 79.8 Å². The van der Waals surface area contributed by atoms with Crippen LogP contribution in [0.4, 0.5) is 4.79 Å². The molecule has 0 fully saturated rings. The Kier molecular flexibility index (Phi) is 10.7. The Bertz CT molecular complexity index is 1130. The van der Waals surface area contributed by atoms with Gasteiger partial charge in [-0.1, -0.05) is 80.6 Å². The van der Waals surface area contributed by atoms with Gasteiger partial charge in [0.1, 0.15) is 18.0 Å². The summed E-state index contributed by atoms with van der Waals surface area (Å²) in [6.45, 7) is 11.1. The predicted molar refractivity (Wildman–Crippen MR) is 152 cm³/mol. The van der Waals surface area contributed by atoms with Gasteiger partial charge in [-0.05, 0) is 67.5 Å². The van der Waals surface area contributed by atoms with Gasteiger partial charge in [0.05, 0.1) is 12.1 Å². The molecule has 0 radical (unpaired) electrons.